The zero-order chi connectivity index (χ0) is 21.2. The number of nitrogen functional groups attached to an aromatic ring is 1. The quantitative estimate of drug-likeness (QED) is 0.478. The summed E-state index contributed by atoms with van der Waals surface area (Å²) in [6.07, 6.45) is 3.53. The third kappa shape index (κ3) is 4.89. The standard InChI is InChI=1S/C19H22FN5O3S.3H2/c1-2-8-29(27,28)25-15-5-3-4-13(16(15)20)19(26)24-12-9-14(18(22)23-10-12)17(21)11-6-7-11;;;/h3-5,9-11,21,25H,2,6-8H2,1H3,(H2,22,23)(H,24,26);3*1H. The third-order valence-corrected chi connectivity index (χ3v) is 5.91. The molecule has 2 aromatic rings. The molecule has 0 aliphatic heterocycles. The first-order valence-electron chi connectivity index (χ1n) is 9.16. The van der Waals surface area contributed by atoms with Gasteiger partial charge in [0.25, 0.3) is 5.91 Å². The highest BCUT2D eigenvalue weighted by molar-refractivity contribution is 7.92. The van der Waals surface area contributed by atoms with E-state index >= 15 is 0 Å². The normalized spacial score (nSPS) is 13.7. The van der Waals surface area contributed by atoms with Gasteiger partial charge in [-0.05, 0) is 37.5 Å². The molecule has 0 atom stereocenters. The van der Waals surface area contributed by atoms with Crippen molar-refractivity contribution >= 4 is 38.8 Å². The fourth-order valence-corrected chi connectivity index (χ4v) is 3.96. The molecule has 5 N–H and O–H groups in total. The van der Waals surface area contributed by atoms with E-state index in [-0.39, 0.29) is 38.7 Å². The Balaban J connectivity index is 0.00000320. The molecule has 1 aromatic heterocycles. The minimum Gasteiger partial charge on any atom is -0.383 e. The van der Waals surface area contributed by atoms with Crippen LogP contribution in [0.3, 0.4) is 0 Å². The van der Waals surface area contributed by atoms with Gasteiger partial charge in [0.05, 0.1) is 28.9 Å². The van der Waals surface area contributed by atoms with Gasteiger partial charge < -0.3 is 16.5 Å². The molecule has 1 amide bonds. The maximum absolute atomic E-state index is 14.7. The van der Waals surface area contributed by atoms with Crippen LogP contribution in [0, 0.1) is 17.1 Å². The molecule has 160 valence electrons. The fraction of sp³-hybridized carbons (Fsp3) is 0.316. The molecule has 0 radical (unpaired) electrons. The zero-order valence-corrected chi connectivity index (χ0v) is 16.6. The molecular formula is C19H28FN5O3S. The molecule has 1 heterocycles. The van der Waals surface area contributed by atoms with Gasteiger partial charge >= 0.3 is 0 Å². The van der Waals surface area contributed by atoms with E-state index in [1.807, 2.05) is 0 Å². The number of halogens is 1. The van der Waals surface area contributed by atoms with Crippen LogP contribution in [-0.4, -0.2) is 30.8 Å². The van der Waals surface area contributed by atoms with Crippen LogP contribution < -0.4 is 15.8 Å². The monoisotopic (exact) mass is 425 g/mol. The average Bonchev–Trinajstić information content (AvgIpc) is 3.49. The Morgan fingerprint density at radius 1 is 1.38 bits per heavy atom. The highest BCUT2D eigenvalue weighted by Gasteiger charge is 2.29. The summed E-state index contributed by atoms with van der Waals surface area (Å²) in [6.45, 7) is 1.69. The fourth-order valence-electron chi connectivity index (χ4n) is 2.82. The third-order valence-electron chi connectivity index (χ3n) is 4.43. The van der Waals surface area contributed by atoms with E-state index in [0.29, 0.717) is 17.7 Å². The second-order valence-corrected chi connectivity index (χ2v) is 8.73. The predicted octanol–water partition coefficient (Wildman–Crippen LogP) is 3.72. The largest absolute Gasteiger partial charge is 0.383 e. The number of benzene rings is 1. The summed E-state index contributed by atoms with van der Waals surface area (Å²) in [5.74, 6) is -1.56. The lowest BCUT2D eigenvalue weighted by molar-refractivity contribution is 0.102. The van der Waals surface area contributed by atoms with E-state index in [2.05, 4.69) is 15.0 Å². The second-order valence-electron chi connectivity index (χ2n) is 6.89. The number of hydrogen-bond donors (Lipinski definition) is 4. The first kappa shape index (κ1) is 20.7. The number of hydrogen-bond acceptors (Lipinski definition) is 6. The maximum atomic E-state index is 14.7. The number of rotatable bonds is 8. The molecule has 3 rings (SSSR count). The number of anilines is 3. The first-order valence-corrected chi connectivity index (χ1v) is 10.8. The number of aromatic nitrogens is 1. The van der Waals surface area contributed by atoms with Crippen molar-refractivity contribution in [2.24, 2.45) is 5.92 Å². The molecule has 1 aliphatic carbocycles. The summed E-state index contributed by atoms with van der Waals surface area (Å²) in [5.41, 5.74) is 6.29. The number of nitrogens with zero attached hydrogens (tertiary/aromatic N) is 1. The number of nitrogens with one attached hydrogen (secondary N) is 3. The van der Waals surface area contributed by atoms with Gasteiger partial charge in [-0.15, -0.1) is 0 Å². The Morgan fingerprint density at radius 3 is 2.76 bits per heavy atom. The van der Waals surface area contributed by atoms with Crippen molar-refractivity contribution in [2.75, 3.05) is 21.5 Å². The van der Waals surface area contributed by atoms with Crippen molar-refractivity contribution < 1.29 is 21.9 Å². The molecule has 1 saturated carbocycles. The van der Waals surface area contributed by atoms with Gasteiger partial charge in [-0.25, -0.2) is 17.8 Å². The maximum Gasteiger partial charge on any atom is 0.258 e. The van der Waals surface area contributed by atoms with Gasteiger partial charge in [-0.1, -0.05) is 13.0 Å². The second kappa shape index (κ2) is 8.16. The topological polar surface area (TPSA) is 138 Å². The van der Waals surface area contributed by atoms with Crippen LogP contribution in [0.25, 0.3) is 0 Å². The molecular weight excluding hydrogens is 397 g/mol. The first-order chi connectivity index (χ1) is 13.7. The van der Waals surface area contributed by atoms with Gasteiger partial charge in [0.2, 0.25) is 10.0 Å². The average molecular weight is 426 g/mol. The number of carbonyl (C=O) groups is 1. The summed E-state index contributed by atoms with van der Waals surface area (Å²) in [7, 11) is -3.70. The lowest BCUT2D eigenvalue weighted by Gasteiger charge is -2.12. The van der Waals surface area contributed by atoms with Crippen LogP contribution in [0.15, 0.2) is 30.5 Å². The molecule has 0 bridgehead atoms. The Hall–Kier alpha value is -3.01. The highest BCUT2D eigenvalue weighted by atomic mass is 32.2. The van der Waals surface area contributed by atoms with Crippen molar-refractivity contribution in [2.45, 2.75) is 26.2 Å². The van der Waals surface area contributed by atoms with Crippen LogP contribution in [0.5, 0.6) is 0 Å². The molecule has 10 heteroatoms. The van der Waals surface area contributed by atoms with E-state index in [9.17, 15) is 17.6 Å². The number of pyridine rings is 1. The van der Waals surface area contributed by atoms with Crippen molar-refractivity contribution in [3.8, 4) is 0 Å². The lowest BCUT2D eigenvalue weighted by Crippen LogP contribution is -2.19. The lowest BCUT2D eigenvalue weighted by atomic mass is 10.1. The van der Waals surface area contributed by atoms with Gasteiger partial charge in [0.15, 0.2) is 5.82 Å². The Bertz CT molecular complexity index is 1080. The Morgan fingerprint density at radius 2 is 2.10 bits per heavy atom. The summed E-state index contributed by atoms with van der Waals surface area (Å²) >= 11 is 0. The van der Waals surface area contributed by atoms with Crippen LogP contribution in [0.2, 0.25) is 0 Å². The SMILES string of the molecule is CCCS(=O)(=O)Nc1cccc(C(=O)Nc2cnc(N)c(C(=N)C3CC3)c2)c1F.[HH].[HH].[HH]. The predicted molar refractivity (Wildman–Crippen MR) is 117 cm³/mol. The molecule has 1 aliphatic rings. The van der Waals surface area contributed by atoms with Crippen molar-refractivity contribution in [1.29, 1.82) is 5.41 Å². The van der Waals surface area contributed by atoms with Gasteiger partial charge in [-0.2, -0.15) is 0 Å². The van der Waals surface area contributed by atoms with Crippen LogP contribution in [0.4, 0.5) is 21.6 Å². The summed E-state index contributed by atoms with van der Waals surface area (Å²) in [4.78, 5) is 16.6. The Kier molecular flexibility index (Phi) is 5.83. The van der Waals surface area contributed by atoms with Crippen LogP contribution >= 0.6 is 0 Å². The van der Waals surface area contributed by atoms with Gasteiger partial charge in [0.1, 0.15) is 5.82 Å². The smallest absolute Gasteiger partial charge is 0.258 e. The highest BCUT2D eigenvalue weighted by Crippen LogP contribution is 2.34. The van der Waals surface area contributed by atoms with Gasteiger partial charge in [0, 0.05) is 21.5 Å². The summed E-state index contributed by atoms with van der Waals surface area (Å²) in [5, 5.41) is 10.7. The van der Waals surface area contributed by atoms with E-state index in [0.717, 1.165) is 12.8 Å². The van der Waals surface area contributed by atoms with E-state index < -0.39 is 21.7 Å². The number of amides is 1. The molecule has 0 unspecified atom stereocenters. The van der Waals surface area contributed by atoms with Crippen LogP contribution in [-0.2, 0) is 10.0 Å². The summed E-state index contributed by atoms with van der Waals surface area (Å²) in [6, 6.07) is 5.42. The summed E-state index contributed by atoms with van der Waals surface area (Å²) < 4.78 is 40.7. The van der Waals surface area contributed by atoms with E-state index in [1.54, 1.807) is 6.92 Å². The zero-order valence-electron chi connectivity index (χ0n) is 15.8. The van der Waals surface area contributed by atoms with E-state index in [1.165, 1.54) is 30.5 Å². The van der Waals surface area contributed by atoms with Crippen LogP contribution in [0.1, 0.15) is 46.4 Å². The number of carbonyl (C=O) groups excluding carboxylic acids is 1. The Labute approximate surface area is 172 Å². The number of nitrogens with two attached hydrogens (primary N) is 1. The molecule has 1 fully saturated rings. The molecule has 0 spiro atoms. The van der Waals surface area contributed by atoms with Crippen molar-refractivity contribution in [1.82, 2.24) is 4.98 Å². The van der Waals surface area contributed by atoms with Gasteiger partial charge in [-0.3, -0.25) is 9.52 Å². The van der Waals surface area contributed by atoms with Crippen molar-refractivity contribution in [3.05, 3.63) is 47.4 Å². The van der Waals surface area contributed by atoms with Crippen molar-refractivity contribution in [3.63, 3.8) is 0 Å². The minimum atomic E-state index is -3.70. The molecule has 29 heavy (non-hydrogen) atoms. The molecule has 8 nitrogen and oxygen atoms in total. The molecule has 1 aromatic carbocycles. The minimum absolute atomic E-state index is 0. The number of sulfonamides is 1. The molecule has 0 saturated heterocycles. The van der Waals surface area contributed by atoms with E-state index in [4.69, 9.17) is 11.1 Å².